The smallest absolute Gasteiger partial charge is 0.332 e. The summed E-state index contributed by atoms with van der Waals surface area (Å²) in [7, 11) is 0. The molecule has 0 bridgehead atoms. The molecule has 3 unspecified atom stereocenters. The minimum absolute atomic E-state index is 0.0300. The van der Waals surface area contributed by atoms with Crippen molar-refractivity contribution in [2.45, 2.75) is 161 Å². The molecule has 1 aliphatic carbocycles. The van der Waals surface area contributed by atoms with Crippen LogP contribution in [0.1, 0.15) is 136 Å². The Labute approximate surface area is 342 Å². The number of rotatable bonds is 24. The maximum absolute atomic E-state index is 14.7. The van der Waals surface area contributed by atoms with Crippen LogP contribution in [0.15, 0.2) is 24.3 Å². The summed E-state index contributed by atoms with van der Waals surface area (Å²) in [6.07, 6.45) is 4.76. The van der Waals surface area contributed by atoms with E-state index < -0.39 is 95.5 Å². The standard InChI is InChI=1S/C44H64FN3O10/c1-6-8-18-35(42(46)55)47-39(52)20-19-37(50)41(54)30(13-7-2)23-38(51)36-25-33(57-27-40(53)58-44(3,4)5)26-48(36)43(56)34(29-15-10-9-11-16-29)24-32(49)22-28-14-12-17-31(45)21-28/h12,14,17,21,29-30,33-36H,6-11,13,15-16,18-20,22-27H2,1-5H3,(H2,46,55)(H,47,52)/t30?,33-,34?,35?,36+/m1/s1. The molecule has 1 aromatic carbocycles. The maximum atomic E-state index is 14.7. The zero-order valence-corrected chi connectivity index (χ0v) is 35.0. The predicted octanol–water partition coefficient (Wildman–Crippen LogP) is 5.31. The average molecular weight is 814 g/mol. The van der Waals surface area contributed by atoms with Gasteiger partial charge in [0.2, 0.25) is 23.5 Å². The fourth-order valence-electron chi connectivity index (χ4n) is 8.01. The third kappa shape index (κ3) is 15.8. The number of nitrogens with zero attached hydrogens (tertiary/aromatic N) is 1. The number of carbonyl (C=O) groups is 8. The summed E-state index contributed by atoms with van der Waals surface area (Å²) >= 11 is 0. The van der Waals surface area contributed by atoms with Crippen LogP contribution in [0.3, 0.4) is 0 Å². The van der Waals surface area contributed by atoms with Gasteiger partial charge in [-0.2, -0.15) is 0 Å². The lowest BCUT2D eigenvalue weighted by Gasteiger charge is -2.34. The molecule has 14 heteroatoms. The predicted molar refractivity (Wildman–Crippen MR) is 213 cm³/mol. The summed E-state index contributed by atoms with van der Waals surface area (Å²) in [5.41, 5.74) is 5.15. The van der Waals surface area contributed by atoms with Gasteiger partial charge in [0.15, 0.2) is 11.6 Å². The number of amides is 3. The molecule has 322 valence electrons. The van der Waals surface area contributed by atoms with Gasteiger partial charge in [-0.1, -0.05) is 64.5 Å². The molecular formula is C44H64FN3O10. The third-order valence-corrected chi connectivity index (χ3v) is 10.9. The Kier molecular flexibility index (Phi) is 19.3. The van der Waals surface area contributed by atoms with Crippen LogP contribution in [0.2, 0.25) is 0 Å². The van der Waals surface area contributed by atoms with Gasteiger partial charge >= 0.3 is 5.97 Å². The van der Waals surface area contributed by atoms with Gasteiger partial charge in [-0.3, -0.25) is 33.6 Å². The summed E-state index contributed by atoms with van der Waals surface area (Å²) in [6.45, 7) is 8.45. The number of likely N-dealkylation sites (tertiary alicyclic amines) is 1. The number of Topliss-reactive ketones (excluding diaryl/α,β-unsaturated/α-hetero) is 4. The van der Waals surface area contributed by atoms with Crippen LogP contribution in [0.5, 0.6) is 0 Å². The van der Waals surface area contributed by atoms with Crippen molar-refractivity contribution in [2.75, 3.05) is 13.2 Å². The molecule has 2 aliphatic rings. The van der Waals surface area contributed by atoms with Gasteiger partial charge in [-0.15, -0.1) is 0 Å². The van der Waals surface area contributed by atoms with Gasteiger partial charge in [0.25, 0.3) is 0 Å². The number of benzene rings is 1. The molecule has 1 aliphatic heterocycles. The fourth-order valence-corrected chi connectivity index (χ4v) is 8.01. The lowest BCUT2D eigenvalue weighted by atomic mass is 9.76. The molecule has 13 nitrogen and oxygen atoms in total. The lowest BCUT2D eigenvalue weighted by Crippen LogP contribution is -2.47. The van der Waals surface area contributed by atoms with Crippen molar-refractivity contribution < 1.29 is 52.2 Å². The zero-order valence-electron chi connectivity index (χ0n) is 35.0. The molecule has 1 aromatic rings. The Morgan fingerprint density at radius 3 is 2.28 bits per heavy atom. The Bertz CT molecular complexity index is 1620. The Morgan fingerprint density at radius 1 is 0.948 bits per heavy atom. The first kappa shape index (κ1) is 48.0. The molecule has 0 radical (unpaired) electrons. The van der Waals surface area contributed by atoms with Crippen molar-refractivity contribution in [3.05, 3.63) is 35.6 Å². The van der Waals surface area contributed by atoms with Gasteiger partial charge in [0, 0.05) is 56.9 Å². The number of nitrogens with two attached hydrogens (primary N) is 1. The van der Waals surface area contributed by atoms with E-state index in [1.807, 2.05) is 13.8 Å². The minimum Gasteiger partial charge on any atom is -0.458 e. The molecule has 1 saturated heterocycles. The number of esters is 1. The molecule has 0 spiro atoms. The second-order valence-electron chi connectivity index (χ2n) is 16.9. The second-order valence-corrected chi connectivity index (χ2v) is 16.9. The molecule has 5 atom stereocenters. The summed E-state index contributed by atoms with van der Waals surface area (Å²) in [6, 6.07) is 3.82. The first-order valence-corrected chi connectivity index (χ1v) is 21.0. The molecular weight excluding hydrogens is 749 g/mol. The van der Waals surface area contributed by atoms with E-state index in [0.29, 0.717) is 24.8 Å². The number of nitrogens with one attached hydrogen (secondary N) is 1. The first-order chi connectivity index (χ1) is 27.4. The lowest BCUT2D eigenvalue weighted by molar-refractivity contribution is -0.162. The van der Waals surface area contributed by atoms with E-state index in [9.17, 15) is 42.7 Å². The molecule has 2 fully saturated rings. The molecule has 58 heavy (non-hydrogen) atoms. The van der Waals surface area contributed by atoms with Gasteiger partial charge in [-0.05, 0) is 70.1 Å². The van der Waals surface area contributed by atoms with Crippen molar-refractivity contribution in [3.63, 3.8) is 0 Å². The van der Waals surface area contributed by atoms with Gasteiger partial charge in [0.1, 0.15) is 29.9 Å². The van der Waals surface area contributed by atoms with Crippen LogP contribution in [0, 0.1) is 23.6 Å². The van der Waals surface area contributed by atoms with E-state index in [0.717, 1.165) is 38.5 Å². The maximum Gasteiger partial charge on any atom is 0.332 e. The quantitative estimate of drug-likeness (QED) is 0.102. The van der Waals surface area contributed by atoms with Crippen LogP contribution in [-0.4, -0.2) is 88.7 Å². The van der Waals surface area contributed by atoms with Gasteiger partial charge in [-0.25, -0.2) is 9.18 Å². The van der Waals surface area contributed by atoms with Crippen LogP contribution < -0.4 is 11.1 Å². The number of carbonyl (C=O) groups excluding carboxylic acids is 8. The van der Waals surface area contributed by atoms with E-state index in [4.69, 9.17) is 15.2 Å². The molecule has 1 heterocycles. The highest BCUT2D eigenvalue weighted by Crippen LogP contribution is 2.36. The number of halogens is 1. The fraction of sp³-hybridized carbons (Fsp3) is 0.682. The van der Waals surface area contributed by atoms with E-state index in [1.165, 1.54) is 23.1 Å². The number of unbranched alkanes of at least 4 members (excludes halogenated alkanes) is 1. The summed E-state index contributed by atoms with van der Waals surface area (Å²) in [5, 5.41) is 2.53. The average Bonchev–Trinajstić information content (AvgIpc) is 3.60. The summed E-state index contributed by atoms with van der Waals surface area (Å²) in [5.74, 6) is -6.95. The Morgan fingerprint density at radius 2 is 1.66 bits per heavy atom. The molecule has 3 rings (SSSR count). The van der Waals surface area contributed by atoms with E-state index in [-0.39, 0.29) is 56.8 Å². The normalized spacial score (nSPS) is 18.8. The number of hydrogen-bond donors (Lipinski definition) is 2. The summed E-state index contributed by atoms with van der Waals surface area (Å²) < 4.78 is 25.2. The largest absolute Gasteiger partial charge is 0.458 e. The topological polar surface area (TPSA) is 196 Å². The number of ketones is 4. The van der Waals surface area contributed by atoms with E-state index in [2.05, 4.69) is 5.32 Å². The van der Waals surface area contributed by atoms with E-state index >= 15 is 0 Å². The Balaban J connectivity index is 1.82. The van der Waals surface area contributed by atoms with E-state index in [1.54, 1.807) is 26.8 Å². The van der Waals surface area contributed by atoms with Crippen molar-refractivity contribution in [3.8, 4) is 0 Å². The van der Waals surface area contributed by atoms with Crippen LogP contribution >= 0.6 is 0 Å². The summed E-state index contributed by atoms with van der Waals surface area (Å²) in [4.78, 5) is 107. The second kappa shape index (κ2) is 23.3. The molecule has 3 amide bonds. The number of ether oxygens (including phenoxy) is 2. The van der Waals surface area contributed by atoms with Crippen molar-refractivity contribution in [1.29, 1.82) is 0 Å². The Hall–Kier alpha value is -4.33. The molecule has 1 saturated carbocycles. The SMILES string of the molecule is CCCCC(NC(=O)CCC(=O)C(=O)C(CCC)CC(=O)[C@@H]1C[C@@H](OCC(=O)OC(C)(C)C)CN1C(=O)C(CC(=O)Cc1cccc(F)c1)C1CCCCC1)C(N)=O. The van der Waals surface area contributed by atoms with Gasteiger partial charge < -0.3 is 25.4 Å². The number of hydrogen-bond acceptors (Lipinski definition) is 10. The number of primary amides is 1. The van der Waals surface area contributed by atoms with Gasteiger partial charge in [0.05, 0.1) is 12.1 Å². The third-order valence-electron chi connectivity index (χ3n) is 10.9. The highest BCUT2D eigenvalue weighted by molar-refractivity contribution is 6.38. The van der Waals surface area contributed by atoms with Crippen molar-refractivity contribution >= 4 is 46.8 Å². The van der Waals surface area contributed by atoms with Crippen molar-refractivity contribution in [2.24, 2.45) is 23.5 Å². The zero-order chi connectivity index (χ0) is 43.0. The molecule has 0 aromatic heterocycles. The van der Waals surface area contributed by atoms with Crippen molar-refractivity contribution in [1.82, 2.24) is 10.2 Å². The minimum atomic E-state index is -1.05. The van der Waals surface area contributed by atoms with Crippen LogP contribution in [0.4, 0.5) is 4.39 Å². The van der Waals surface area contributed by atoms with Crippen LogP contribution in [0.25, 0.3) is 0 Å². The highest BCUT2D eigenvalue weighted by Gasteiger charge is 2.45. The highest BCUT2D eigenvalue weighted by atomic mass is 19.1. The van der Waals surface area contributed by atoms with Crippen LogP contribution in [-0.2, 0) is 54.3 Å². The first-order valence-electron chi connectivity index (χ1n) is 21.0. The monoisotopic (exact) mass is 813 g/mol. The molecule has 3 N–H and O–H groups in total.